The minimum Gasteiger partial charge on any atom is -0.376 e. The van der Waals surface area contributed by atoms with Gasteiger partial charge in [-0.25, -0.2) is 0 Å². The molecule has 2 aliphatic rings. The molecule has 0 N–H and O–H groups in total. The summed E-state index contributed by atoms with van der Waals surface area (Å²) in [5.74, 6) is 1.60. The highest BCUT2D eigenvalue weighted by Crippen LogP contribution is 2.32. The molecule has 0 amide bonds. The van der Waals surface area contributed by atoms with Gasteiger partial charge >= 0.3 is 0 Å². The molecule has 0 aromatic carbocycles. The molecule has 0 radical (unpaired) electrons. The zero-order valence-electron chi connectivity index (χ0n) is 14.7. The fourth-order valence-electron chi connectivity index (χ4n) is 4.29. The van der Waals surface area contributed by atoms with Crippen LogP contribution in [0, 0.1) is 11.8 Å². The molecule has 0 aliphatic carbocycles. The Hall–Kier alpha value is -0.500. The molecule has 0 aromatic heterocycles. The molecule has 5 atom stereocenters. The van der Waals surface area contributed by atoms with Crippen LogP contribution in [0.2, 0.25) is 0 Å². The molecule has 4 unspecified atom stereocenters. The number of hydrogen-bond donors (Lipinski definition) is 0. The van der Waals surface area contributed by atoms with E-state index in [4.69, 9.17) is 4.74 Å². The Balaban J connectivity index is 1.82. The second-order valence-corrected chi connectivity index (χ2v) is 7.52. The first-order valence-electron chi connectivity index (χ1n) is 9.10. The first-order valence-corrected chi connectivity index (χ1v) is 9.10. The summed E-state index contributed by atoms with van der Waals surface area (Å²) in [6.45, 7) is 11.6. The van der Waals surface area contributed by atoms with Crippen molar-refractivity contribution in [2.24, 2.45) is 11.8 Å². The van der Waals surface area contributed by atoms with Crippen LogP contribution < -0.4 is 0 Å². The third-order valence-corrected chi connectivity index (χ3v) is 5.64. The van der Waals surface area contributed by atoms with E-state index in [0.29, 0.717) is 12.2 Å². The zero-order chi connectivity index (χ0) is 15.4. The maximum Gasteiger partial charge on any atom is 0.0553 e. The highest BCUT2D eigenvalue weighted by Gasteiger charge is 2.28. The third-order valence-electron chi connectivity index (χ3n) is 5.64. The molecule has 2 fully saturated rings. The molecule has 2 saturated heterocycles. The number of ether oxygens (including phenoxy) is 1. The highest BCUT2D eigenvalue weighted by atomic mass is 16.5. The van der Waals surface area contributed by atoms with Crippen molar-refractivity contribution in [1.29, 1.82) is 0 Å². The second-order valence-electron chi connectivity index (χ2n) is 7.52. The summed E-state index contributed by atoms with van der Waals surface area (Å²) in [6.07, 6.45) is 13.4. The van der Waals surface area contributed by atoms with E-state index in [2.05, 4.69) is 51.8 Å². The predicted molar refractivity (Wildman–Crippen MR) is 90.3 cm³/mol. The molecular formula is C19H35NO. The average Bonchev–Trinajstić information content (AvgIpc) is 2.78. The van der Waals surface area contributed by atoms with Gasteiger partial charge in [0.1, 0.15) is 0 Å². The van der Waals surface area contributed by atoms with Gasteiger partial charge in [0.2, 0.25) is 0 Å². The lowest BCUT2D eigenvalue weighted by Gasteiger charge is -2.35. The minimum atomic E-state index is 0.438. The largest absolute Gasteiger partial charge is 0.376 e. The normalized spacial score (nSPS) is 39.1. The summed E-state index contributed by atoms with van der Waals surface area (Å²) in [7, 11) is 0. The van der Waals surface area contributed by atoms with Gasteiger partial charge in [0.15, 0.2) is 0 Å². The van der Waals surface area contributed by atoms with Crippen molar-refractivity contribution in [2.75, 3.05) is 0 Å². The maximum atomic E-state index is 5.87. The first-order chi connectivity index (χ1) is 10.0. The molecule has 0 bridgehead atoms. The average molecular weight is 293 g/mol. The van der Waals surface area contributed by atoms with Gasteiger partial charge in [-0.1, -0.05) is 19.9 Å². The Kier molecular flexibility index (Phi) is 6.16. The Morgan fingerprint density at radius 3 is 2.43 bits per heavy atom. The van der Waals surface area contributed by atoms with Crippen LogP contribution >= 0.6 is 0 Å². The van der Waals surface area contributed by atoms with Crippen LogP contribution in [0.5, 0.6) is 0 Å². The summed E-state index contributed by atoms with van der Waals surface area (Å²) < 4.78 is 5.87. The van der Waals surface area contributed by atoms with E-state index in [1.807, 2.05) is 0 Å². The van der Waals surface area contributed by atoms with Gasteiger partial charge in [0.05, 0.1) is 12.2 Å². The smallest absolute Gasteiger partial charge is 0.0553 e. The molecule has 21 heavy (non-hydrogen) atoms. The van der Waals surface area contributed by atoms with E-state index in [9.17, 15) is 0 Å². The lowest BCUT2D eigenvalue weighted by molar-refractivity contribution is -0.0617. The zero-order valence-corrected chi connectivity index (χ0v) is 14.7. The van der Waals surface area contributed by atoms with Gasteiger partial charge in [0.25, 0.3) is 0 Å². The van der Waals surface area contributed by atoms with E-state index in [1.54, 1.807) is 0 Å². The van der Waals surface area contributed by atoms with Gasteiger partial charge in [-0.15, -0.1) is 0 Å². The Morgan fingerprint density at radius 1 is 1.14 bits per heavy atom. The molecule has 0 aromatic rings. The highest BCUT2D eigenvalue weighted by molar-refractivity contribution is 4.95. The van der Waals surface area contributed by atoms with Crippen molar-refractivity contribution >= 4 is 0 Å². The van der Waals surface area contributed by atoms with Crippen LogP contribution in [0.3, 0.4) is 0 Å². The van der Waals surface area contributed by atoms with E-state index < -0.39 is 0 Å². The Labute approximate surface area is 131 Å². The minimum absolute atomic E-state index is 0.438. The Bertz CT molecular complexity index is 330. The SMILES string of the molecule is CCC1CC[C@@H](C)N1/C=C/CC(C)C1CC(C)OC(C)C1. The molecule has 2 heteroatoms. The maximum absolute atomic E-state index is 5.87. The van der Waals surface area contributed by atoms with Crippen LogP contribution in [0.4, 0.5) is 0 Å². The van der Waals surface area contributed by atoms with Gasteiger partial charge in [-0.2, -0.15) is 0 Å². The summed E-state index contributed by atoms with van der Waals surface area (Å²) in [6, 6.07) is 1.50. The lowest BCUT2D eigenvalue weighted by atomic mass is 9.81. The van der Waals surface area contributed by atoms with Crippen molar-refractivity contribution in [3.8, 4) is 0 Å². The molecule has 2 aliphatic heterocycles. The lowest BCUT2D eigenvalue weighted by Crippen LogP contribution is -2.32. The van der Waals surface area contributed by atoms with Crippen molar-refractivity contribution in [2.45, 2.75) is 97.4 Å². The predicted octanol–water partition coefficient (Wildman–Crippen LogP) is 4.99. The number of rotatable bonds is 5. The standard InChI is InChI=1S/C19H35NO/c1-6-19-10-9-15(3)20(19)11-7-8-14(2)18-12-16(4)21-17(5)13-18/h7,11,14-19H,6,8-10,12-13H2,1-5H3/b11-7+/t14?,15-,16?,17?,18?,19?/m1/s1. The van der Waals surface area contributed by atoms with Gasteiger partial charge in [-0.3, -0.25) is 0 Å². The first kappa shape index (κ1) is 16.9. The molecule has 122 valence electrons. The molecule has 2 nitrogen and oxygen atoms in total. The fourth-order valence-corrected chi connectivity index (χ4v) is 4.29. The van der Waals surface area contributed by atoms with Crippen molar-refractivity contribution in [3.05, 3.63) is 12.3 Å². The number of allylic oxidation sites excluding steroid dienone is 1. The number of nitrogens with zero attached hydrogens (tertiary/aromatic N) is 1. The van der Waals surface area contributed by atoms with Crippen LogP contribution in [0.1, 0.15) is 73.1 Å². The summed E-state index contributed by atoms with van der Waals surface area (Å²) in [5, 5.41) is 0. The van der Waals surface area contributed by atoms with Gasteiger partial charge < -0.3 is 9.64 Å². The fraction of sp³-hybridized carbons (Fsp3) is 0.895. The molecule has 0 saturated carbocycles. The third kappa shape index (κ3) is 4.48. The van der Waals surface area contributed by atoms with Gasteiger partial charge in [0, 0.05) is 12.1 Å². The van der Waals surface area contributed by atoms with Crippen LogP contribution in [0.25, 0.3) is 0 Å². The monoisotopic (exact) mass is 293 g/mol. The summed E-state index contributed by atoms with van der Waals surface area (Å²) in [4.78, 5) is 2.60. The number of hydrogen-bond acceptors (Lipinski definition) is 2. The van der Waals surface area contributed by atoms with Crippen molar-refractivity contribution in [1.82, 2.24) is 4.90 Å². The second kappa shape index (κ2) is 7.67. The molecule has 2 heterocycles. The number of likely N-dealkylation sites (tertiary alicyclic amines) is 1. The van der Waals surface area contributed by atoms with Gasteiger partial charge in [-0.05, 0) is 77.3 Å². The topological polar surface area (TPSA) is 12.5 Å². The summed E-state index contributed by atoms with van der Waals surface area (Å²) in [5.41, 5.74) is 0. The van der Waals surface area contributed by atoms with Crippen LogP contribution in [0.15, 0.2) is 12.3 Å². The van der Waals surface area contributed by atoms with Crippen molar-refractivity contribution < 1.29 is 4.74 Å². The summed E-state index contributed by atoms with van der Waals surface area (Å²) >= 11 is 0. The molecule has 0 spiro atoms. The Morgan fingerprint density at radius 2 is 1.81 bits per heavy atom. The van der Waals surface area contributed by atoms with Crippen LogP contribution in [-0.4, -0.2) is 29.2 Å². The van der Waals surface area contributed by atoms with Crippen molar-refractivity contribution in [3.63, 3.8) is 0 Å². The van der Waals surface area contributed by atoms with E-state index in [-0.39, 0.29) is 0 Å². The van der Waals surface area contributed by atoms with E-state index in [0.717, 1.165) is 23.9 Å². The van der Waals surface area contributed by atoms with Crippen LogP contribution in [-0.2, 0) is 4.74 Å². The molecular weight excluding hydrogens is 258 g/mol. The molecule has 2 rings (SSSR count). The van der Waals surface area contributed by atoms with E-state index in [1.165, 1.54) is 38.5 Å². The quantitative estimate of drug-likeness (QED) is 0.708. The van der Waals surface area contributed by atoms with E-state index >= 15 is 0 Å².